The molecule has 1 atom stereocenters. The molecule has 0 bridgehead atoms. The molecule has 2 heterocycles. The summed E-state index contributed by atoms with van der Waals surface area (Å²) in [5.74, 6) is 0.733. The zero-order valence-electron chi connectivity index (χ0n) is 10.7. The average molecular weight is 255 g/mol. The van der Waals surface area contributed by atoms with Crippen molar-refractivity contribution in [3.63, 3.8) is 0 Å². The molecule has 94 valence electrons. The Hall–Kier alpha value is -0.670. The number of halogens is 1. The summed E-state index contributed by atoms with van der Waals surface area (Å²) >= 11 is 6.21. The molecular formula is C13H19ClN2O. The molecule has 0 aliphatic carbocycles. The van der Waals surface area contributed by atoms with Gasteiger partial charge in [0, 0.05) is 17.9 Å². The van der Waals surface area contributed by atoms with E-state index in [4.69, 9.17) is 16.3 Å². The molecule has 0 N–H and O–H groups in total. The second-order valence-electron chi connectivity index (χ2n) is 4.79. The fourth-order valence-corrected chi connectivity index (χ4v) is 2.66. The molecule has 1 aromatic rings. The van der Waals surface area contributed by atoms with Gasteiger partial charge in [0.05, 0.1) is 0 Å². The van der Waals surface area contributed by atoms with Crippen LogP contribution in [0.5, 0.6) is 0 Å². The highest BCUT2D eigenvalue weighted by molar-refractivity contribution is 6.30. The molecule has 0 aromatic carbocycles. The molecule has 0 saturated carbocycles. The third kappa shape index (κ3) is 2.45. The van der Waals surface area contributed by atoms with Gasteiger partial charge < -0.3 is 4.74 Å². The lowest BCUT2D eigenvalue weighted by atomic mass is 9.95. The first-order chi connectivity index (χ1) is 8.07. The van der Waals surface area contributed by atoms with Crippen molar-refractivity contribution in [2.24, 2.45) is 0 Å². The van der Waals surface area contributed by atoms with E-state index in [1.54, 1.807) is 0 Å². The Morgan fingerprint density at radius 3 is 2.65 bits per heavy atom. The molecule has 17 heavy (non-hydrogen) atoms. The third-order valence-corrected chi connectivity index (χ3v) is 3.77. The summed E-state index contributed by atoms with van der Waals surface area (Å²) in [4.78, 5) is 9.01. The van der Waals surface area contributed by atoms with Crippen molar-refractivity contribution in [2.45, 2.75) is 52.1 Å². The van der Waals surface area contributed by atoms with Crippen LogP contribution in [0.25, 0.3) is 0 Å². The zero-order chi connectivity index (χ0) is 12.5. The van der Waals surface area contributed by atoms with Crippen LogP contribution < -0.4 is 0 Å². The molecule has 1 unspecified atom stereocenters. The minimum atomic E-state index is -0.362. The van der Waals surface area contributed by atoms with Gasteiger partial charge in [-0.05, 0) is 39.5 Å². The van der Waals surface area contributed by atoms with Gasteiger partial charge in [-0.25, -0.2) is 9.97 Å². The van der Waals surface area contributed by atoms with E-state index in [0.717, 1.165) is 49.4 Å². The van der Waals surface area contributed by atoms with Crippen LogP contribution >= 0.6 is 11.6 Å². The van der Waals surface area contributed by atoms with Gasteiger partial charge in [-0.2, -0.15) is 0 Å². The Morgan fingerprint density at radius 2 is 2.12 bits per heavy atom. The zero-order valence-corrected chi connectivity index (χ0v) is 11.5. The number of hydrogen-bond donors (Lipinski definition) is 0. The summed E-state index contributed by atoms with van der Waals surface area (Å²) in [6.45, 7) is 6.90. The lowest BCUT2D eigenvalue weighted by Crippen LogP contribution is -2.32. The van der Waals surface area contributed by atoms with E-state index < -0.39 is 0 Å². The minimum absolute atomic E-state index is 0.362. The summed E-state index contributed by atoms with van der Waals surface area (Å²) in [6, 6.07) is 0. The van der Waals surface area contributed by atoms with Gasteiger partial charge in [0.25, 0.3) is 0 Å². The van der Waals surface area contributed by atoms with E-state index in [9.17, 15) is 0 Å². The maximum Gasteiger partial charge on any atom is 0.161 e. The highest BCUT2D eigenvalue weighted by Gasteiger charge is 2.33. The number of aryl methyl sites for hydroxylation is 1. The van der Waals surface area contributed by atoms with Crippen LogP contribution in [0.15, 0.2) is 0 Å². The van der Waals surface area contributed by atoms with Crippen LogP contribution in [0.1, 0.15) is 50.2 Å². The Labute approximate surface area is 108 Å². The van der Waals surface area contributed by atoms with Crippen molar-refractivity contribution >= 4 is 11.6 Å². The fourth-order valence-electron chi connectivity index (χ4n) is 2.31. The number of rotatable bonds is 2. The highest BCUT2D eigenvalue weighted by atomic mass is 35.5. The van der Waals surface area contributed by atoms with Gasteiger partial charge in [0.2, 0.25) is 0 Å². The Balaban J connectivity index is 2.39. The molecule has 3 nitrogen and oxygen atoms in total. The van der Waals surface area contributed by atoms with Gasteiger partial charge >= 0.3 is 0 Å². The summed E-state index contributed by atoms with van der Waals surface area (Å²) in [7, 11) is 0. The van der Waals surface area contributed by atoms with E-state index in [2.05, 4.69) is 23.8 Å². The van der Waals surface area contributed by atoms with Crippen LogP contribution in [0, 0.1) is 6.92 Å². The van der Waals surface area contributed by atoms with Crippen molar-refractivity contribution in [3.05, 3.63) is 22.2 Å². The van der Waals surface area contributed by atoms with E-state index in [1.807, 2.05) is 6.92 Å². The maximum atomic E-state index is 6.21. The molecular weight excluding hydrogens is 236 g/mol. The van der Waals surface area contributed by atoms with Crippen LogP contribution in [0.2, 0.25) is 5.15 Å². The summed E-state index contributed by atoms with van der Waals surface area (Å²) in [5, 5.41) is 0.574. The molecule has 1 aliphatic heterocycles. The first kappa shape index (κ1) is 12.8. The number of hydrogen-bond acceptors (Lipinski definition) is 3. The first-order valence-corrected chi connectivity index (χ1v) is 6.62. The average Bonchev–Trinajstić information content (AvgIpc) is 2.29. The van der Waals surface area contributed by atoms with Crippen molar-refractivity contribution in [2.75, 3.05) is 6.61 Å². The fraction of sp³-hybridized carbons (Fsp3) is 0.692. The molecule has 1 aromatic heterocycles. The molecule has 1 saturated heterocycles. The van der Waals surface area contributed by atoms with Gasteiger partial charge in [0.1, 0.15) is 10.8 Å². The van der Waals surface area contributed by atoms with Gasteiger partial charge in [0.15, 0.2) is 5.82 Å². The Morgan fingerprint density at radius 1 is 1.35 bits per heavy atom. The molecule has 0 spiro atoms. The molecule has 0 radical (unpaired) electrons. The van der Waals surface area contributed by atoms with Crippen molar-refractivity contribution in [1.29, 1.82) is 0 Å². The van der Waals surface area contributed by atoms with E-state index in [1.165, 1.54) is 0 Å². The van der Waals surface area contributed by atoms with Crippen LogP contribution in [0.3, 0.4) is 0 Å². The molecule has 1 fully saturated rings. The maximum absolute atomic E-state index is 6.21. The van der Waals surface area contributed by atoms with Gasteiger partial charge in [-0.1, -0.05) is 18.5 Å². The van der Waals surface area contributed by atoms with Gasteiger partial charge in [-0.15, -0.1) is 0 Å². The normalized spacial score (nSPS) is 24.9. The van der Waals surface area contributed by atoms with Crippen LogP contribution in [-0.2, 0) is 16.8 Å². The van der Waals surface area contributed by atoms with Gasteiger partial charge in [-0.3, -0.25) is 0 Å². The van der Waals surface area contributed by atoms with Crippen LogP contribution in [-0.4, -0.2) is 16.6 Å². The van der Waals surface area contributed by atoms with E-state index in [0.29, 0.717) is 5.15 Å². The van der Waals surface area contributed by atoms with Crippen molar-refractivity contribution in [3.8, 4) is 0 Å². The predicted octanol–water partition coefficient (Wildman–Crippen LogP) is 3.42. The van der Waals surface area contributed by atoms with Crippen molar-refractivity contribution in [1.82, 2.24) is 9.97 Å². The quantitative estimate of drug-likeness (QED) is 0.759. The van der Waals surface area contributed by atoms with Crippen LogP contribution in [0.4, 0.5) is 0 Å². The second-order valence-corrected chi connectivity index (χ2v) is 5.15. The molecule has 4 heteroatoms. The summed E-state index contributed by atoms with van der Waals surface area (Å²) in [5.41, 5.74) is 1.64. The Kier molecular flexibility index (Phi) is 3.69. The lowest BCUT2D eigenvalue weighted by molar-refractivity contribution is -0.0761. The summed E-state index contributed by atoms with van der Waals surface area (Å²) < 4.78 is 5.85. The largest absolute Gasteiger partial charge is 0.367 e. The minimum Gasteiger partial charge on any atom is -0.367 e. The molecule has 2 rings (SSSR count). The second kappa shape index (κ2) is 4.91. The third-order valence-electron chi connectivity index (χ3n) is 3.46. The SMILES string of the molecule is CCc1c(C)nc(C2(C)CCCCO2)nc1Cl. The lowest BCUT2D eigenvalue weighted by Gasteiger charge is -2.32. The smallest absolute Gasteiger partial charge is 0.161 e. The molecule has 1 aliphatic rings. The highest BCUT2D eigenvalue weighted by Crippen LogP contribution is 2.33. The predicted molar refractivity (Wildman–Crippen MR) is 68.3 cm³/mol. The standard InChI is InChI=1S/C13H19ClN2O/c1-4-10-9(2)15-12(16-11(10)14)13(3)7-5-6-8-17-13/h4-8H2,1-3H3. The van der Waals surface area contributed by atoms with E-state index >= 15 is 0 Å². The monoisotopic (exact) mass is 254 g/mol. The number of nitrogens with zero attached hydrogens (tertiary/aromatic N) is 2. The number of aromatic nitrogens is 2. The Bertz CT molecular complexity index is 391. The first-order valence-electron chi connectivity index (χ1n) is 6.24. The summed E-state index contributed by atoms with van der Waals surface area (Å²) in [6.07, 6.45) is 4.11. The van der Waals surface area contributed by atoms with Crippen molar-refractivity contribution < 1.29 is 4.74 Å². The topological polar surface area (TPSA) is 35.0 Å². The van der Waals surface area contributed by atoms with E-state index in [-0.39, 0.29) is 5.60 Å². The number of ether oxygens (including phenoxy) is 1. The molecule has 0 amide bonds.